The van der Waals surface area contributed by atoms with E-state index in [1.165, 1.54) is 70.6 Å². The standard InChI is InChI=1S/C40H56N2O4S/c1-3-4-5-6-7-8-9-10-11-12-13-14-15-21-37(44)42-35-20-18-19-34(28-35)40-45-36(30-47-38-22-16-17-27-41-38)31(2)39(46-40)33-25-23-32(29-43)24-26-33/h16-20,22-28,31,36,39-40,43H,3-15,21,29-30H2,1-2H3,(H,42,44). The number of hydrogen-bond donors (Lipinski definition) is 2. The Morgan fingerprint density at radius 1 is 0.809 bits per heavy atom. The van der Waals surface area contributed by atoms with E-state index >= 15 is 0 Å². The van der Waals surface area contributed by atoms with Crippen molar-refractivity contribution in [3.63, 3.8) is 0 Å². The fourth-order valence-electron chi connectivity index (χ4n) is 6.20. The van der Waals surface area contributed by atoms with Gasteiger partial charge in [-0.1, -0.05) is 133 Å². The van der Waals surface area contributed by atoms with E-state index in [1.807, 2.05) is 72.9 Å². The van der Waals surface area contributed by atoms with Crippen molar-refractivity contribution in [1.29, 1.82) is 0 Å². The molecule has 47 heavy (non-hydrogen) atoms. The lowest BCUT2D eigenvalue weighted by molar-refractivity contribution is -0.268. The molecular weight excluding hydrogens is 605 g/mol. The van der Waals surface area contributed by atoms with Gasteiger partial charge in [0.05, 0.1) is 23.8 Å². The summed E-state index contributed by atoms with van der Waals surface area (Å²) in [6, 6.07) is 21.7. The number of amides is 1. The van der Waals surface area contributed by atoms with E-state index in [1.54, 1.807) is 11.8 Å². The van der Waals surface area contributed by atoms with Gasteiger partial charge in [0.2, 0.25) is 5.91 Å². The van der Waals surface area contributed by atoms with Crippen LogP contribution in [0.15, 0.2) is 78.0 Å². The van der Waals surface area contributed by atoms with Crippen molar-refractivity contribution in [2.24, 2.45) is 5.92 Å². The Morgan fingerprint density at radius 2 is 1.49 bits per heavy atom. The molecule has 0 radical (unpaired) electrons. The monoisotopic (exact) mass is 660 g/mol. The molecule has 1 saturated heterocycles. The molecular formula is C40H56N2O4S. The van der Waals surface area contributed by atoms with E-state index in [2.05, 4.69) is 24.1 Å². The average molecular weight is 661 g/mol. The van der Waals surface area contributed by atoms with Crippen LogP contribution in [0.25, 0.3) is 0 Å². The number of benzene rings is 2. The molecule has 1 fully saturated rings. The molecule has 4 atom stereocenters. The smallest absolute Gasteiger partial charge is 0.224 e. The Hall–Kier alpha value is -2.71. The first-order valence-electron chi connectivity index (χ1n) is 18.0. The fourth-order valence-corrected chi connectivity index (χ4v) is 7.23. The number of ether oxygens (including phenoxy) is 2. The van der Waals surface area contributed by atoms with Gasteiger partial charge >= 0.3 is 0 Å². The summed E-state index contributed by atoms with van der Waals surface area (Å²) in [5, 5.41) is 13.6. The Labute approximate surface area is 287 Å². The Bertz CT molecular complexity index is 1290. The van der Waals surface area contributed by atoms with Gasteiger partial charge < -0.3 is 19.9 Å². The third-order valence-electron chi connectivity index (χ3n) is 9.11. The van der Waals surface area contributed by atoms with Crippen LogP contribution in [0.1, 0.15) is 133 Å². The summed E-state index contributed by atoms with van der Waals surface area (Å²) in [5.41, 5.74) is 3.56. The van der Waals surface area contributed by atoms with E-state index in [4.69, 9.17) is 9.47 Å². The summed E-state index contributed by atoms with van der Waals surface area (Å²) < 4.78 is 13.2. The fraction of sp³-hybridized carbons (Fsp3) is 0.550. The van der Waals surface area contributed by atoms with Crippen molar-refractivity contribution >= 4 is 23.4 Å². The number of hydrogen-bond acceptors (Lipinski definition) is 6. The van der Waals surface area contributed by atoms with Gasteiger partial charge in [-0.2, -0.15) is 0 Å². The van der Waals surface area contributed by atoms with Crippen LogP contribution in [0.2, 0.25) is 0 Å². The topological polar surface area (TPSA) is 80.7 Å². The van der Waals surface area contributed by atoms with Crippen LogP contribution in [-0.2, 0) is 20.9 Å². The molecule has 0 bridgehead atoms. The number of carbonyl (C=O) groups excluding carboxylic acids is 1. The first-order valence-corrected chi connectivity index (χ1v) is 19.0. The first kappa shape index (κ1) is 37.1. The second-order valence-corrected chi connectivity index (χ2v) is 14.0. The van der Waals surface area contributed by atoms with E-state index in [0.29, 0.717) is 6.42 Å². The maximum Gasteiger partial charge on any atom is 0.224 e. The highest BCUT2D eigenvalue weighted by molar-refractivity contribution is 7.99. The van der Waals surface area contributed by atoms with Gasteiger partial charge in [-0.05, 0) is 41.8 Å². The largest absolute Gasteiger partial charge is 0.392 e. The zero-order valence-corrected chi connectivity index (χ0v) is 29.4. The molecule has 3 aromatic rings. The minimum absolute atomic E-state index is 0.00824. The number of thioether (sulfide) groups is 1. The maximum atomic E-state index is 12.8. The molecule has 4 unspecified atom stereocenters. The molecule has 2 heterocycles. The Morgan fingerprint density at radius 3 is 2.13 bits per heavy atom. The molecule has 0 saturated carbocycles. The van der Waals surface area contributed by atoms with Crippen molar-refractivity contribution in [2.75, 3.05) is 11.1 Å². The molecule has 1 aromatic heterocycles. The molecule has 256 valence electrons. The summed E-state index contributed by atoms with van der Waals surface area (Å²) in [7, 11) is 0. The van der Waals surface area contributed by atoms with Crippen molar-refractivity contribution in [3.8, 4) is 0 Å². The van der Waals surface area contributed by atoms with Crippen LogP contribution >= 0.6 is 11.8 Å². The highest BCUT2D eigenvalue weighted by Gasteiger charge is 2.38. The van der Waals surface area contributed by atoms with E-state index < -0.39 is 6.29 Å². The summed E-state index contributed by atoms with van der Waals surface area (Å²) >= 11 is 1.68. The van der Waals surface area contributed by atoms with Crippen molar-refractivity contribution in [3.05, 3.63) is 89.6 Å². The van der Waals surface area contributed by atoms with E-state index in [-0.39, 0.29) is 30.6 Å². The third-order valence-corrected chi connectivity index (χ3v) is 10.1. The van der Waals surface area contributed by atoms with Crippen LogP contribution in [0, 0.1) is 5.92 Å². The van der Waals surface area contributed by atoms with Crippen LogP contribution in [0.3, 0.4) is 0 Å². The third kappa shape index (κ3) is 13.0. The average Bonchev–Trinajstić information content (AvgIpc) is 3.10. The number of nitrogens with zero attached hydrogens (tertiary/aromatic N) is 1. The number of aliphatic hydroxyl groups excluding tert-OH is 1. The number of aliphatic hydroxyl groups is 1. The molecule has 1 aliphatic rings. The number of unbranched alkanes of at least 4 members (excludes halogenated alkanes) is 12. The van der Waals surface area contributed by atoms with Gasteiger partial charge in [0, 0.05) is 35.5 Å². The lowest BCUT2D eigenvalue weighted by atomic mass is 9.91. The molecule has 1 aliphatic heterocycles. The van der Waals surface area contributed by atoms with Gasteiger partial charge in [0.1, 0.15) is 0 Å². The molecule has 0 aliphatic carbocycles. The second-order valence-electron chi connectivity index (χ2n) is 13.0. The zero-order valence-electron chi connectivity index (χ0n) is 28.6. The molecule has 2 N–H and O–H groups in total. The van der Waals surface area contributed by atoms with Gasteiger partial charge in [-0.15, -0.1) is 11.8 Å². The van der Waals surface area contributed by atoms with Crippen LogP contribution < -0.4 is 5.32 Å². The van der Waals surface area contributed by atoms with Crippen molar-refractivity contribution < 1.29 is 19.4 Å². The first-order chi connectivity index (χ1) is 23.1. The summed E-state index contributed by atoms with van der Waals surface area (Å²) in [6.07, 6.45) is 18.3. The number of rotatable bonds is 21. The SMILES string of the molecule is CCCCCCCCCCCCCCCC(=O)Nc1cccc(C2OC(CSc3ccccn3)C(C)C(c3ccc(CO)cc3)O2)c1. The molecule has 2 aromatic carbocycles. The Kier molecular flexibility index (Phi) is 16.8. The molecule has 6 nitrogen and oxygen atoms in total. The number of anilines is 1. The van der Waals surface area contributed by atoms with Gasteiger partial charge in [-0.25, -0.2) is 4.98 Å². The zero-order chi connectivity index (χ0) is 33.1. The molecule has 4 rings (SSSR count). The van der Waals surface area contributed by atoms with Gasteiger partial charge in [0.25, 0.3) is 0 Å². The van der Waals surface area contributed by atoms with Crippen LogP contribution in [-0.4, -0.2) is 27.9 Å². The summed E-state index contributed by atoms with van der Waals surface area (Å²) in [6.45, 7) is 4.44. The highest BCUT2D eigenvalue weighted by atomic mass is 32.2. The predicted octanol–water partition coefficient (Wildman–Crippen LogP) is 10.6. The normalized spacial score (nSPS) is 19.5. The van der Waals surface area contributed by atoms with Gasteiger partial charge in [0.15, 0.2) is 6.29 Å². The second kappa shape index (κ2) is 21.3. The van der Waals surface area contributed by atoms with E-state index in [9.17, 15) is 9.90 Å². The van der Waals surface area contributed by atoms with Crippen molar-refractivity contribution in [1.82, 2.24) is 4.98 Å². The minimum atomic E-state index is -0.582. The predicted molar refractivity (Wildman–Crippen MR) is 193 cm³/mol. The molecule has 7 heteroatoms. The lowest BCUT2D eigenvalue weighted by Crippen LogP contribution is -2.38. The number of carbonyl (C=O) groups is 1. The molecule has 1 amide bonds. The van der Waals surface area contributed by atoms with Gasteiger partial charge in [-0.3, -0.25) is 4.79 Å². The highest BCUT2D eigenvalue weighted by Crippen LogP contribution is 2.43. The number of nitrogens with one attached hydrogen (secondary N) is 1. The van der Waals surface area contributed by atoms with Crippen LogP contribution in [0.4, 0.5) is 5.69 Å². The van der Waals surface area contributed by atoms with Crippen molar-refractivity contribution in [2.45, 2.75) is 134 Å². The summed E-state index contributed by atoms with van der Waals surface area (Å²) in [5.74, 6) is 0.875. The number of aromatic nitrogens is 1. The quantitative estimate of drug-likeness (QED) is 0.0874. The lowest BCUT2D eigenvalue weighted by Gasteiger charge is -2.41. The van der Waals surface area contributed by atoms with Crippen LogP contribution in [0.5, 0.6) is 0 Å². The Balaban J connectivity index is 1.25. The molecule has 0 spiro atoms. The number of pyridine rings is 1. The minimum Gasteiger partial charge on any atom is -0.392 e. The van der Waals surface area contributed by atoms with E-state index in [0.717, 1.165) is 46.0 Å². The summed E-state index contributed by atoms with van der Waals surface area (Å²) in [4.78, 5) is 17.3. The maximum absolute atomic E-state index is 12.8.